The lowest BCUT2D eigenvalue weighted by Crippen LogP contribution is -2.55. The topological polar surface area (TPSA) is 75.4 Å². The summed E-state index contributed by atoms with van der Waals surface area (Å²) in [4.78, 5) is 25.5. The average molecular weight is 292 g/mol. The van der Waals surface area contributed by atoms with Gasteiger partial charge in [0, 0.05) is 32.5 Å². The number of carbonyl (C=O) groups excluding carboxylic acids is 2. The van der Waals surface area contributed by atoms with Crippen LogP contribution in [0.2, 0.25) is 0 Å². The Morgan fingerprint density at radius 1 is 1.47 bits per heavy atom. The van der Waals surface area contributed by atoms with Gasteiger partial charge in [0.1, 0.15) is 0 Å². The normalized spacial score (nSPS) is 19.9. The maximum Gasteiger partial charge on any atom is 0.224 e. The first-order valence-electron chi connectivity index (χ1n) is 6.74. The first-order valence-corrected chi connectivity index (χ1v) is 6.74. The van der Waals surface area contributed by atoms with E-state index in [0.29, 0.717) is 19.5 Å². The maximum atomic E-state index is 12.2. The Balaban J connectivity index is 0.00000324. The minimum atomic E-state index is -0.316. The summed E-state index contributed by atoms with van der Waals surface area (Å²) in [6, 6.07) is 0. The van der Waals surface area contributed by atoms with Crippen LogP contribution in [-0.4, -0.2) is 42.4 Å². The number of hydrogen-bond acceptors (Lipinski definition) is 3. The van der Waals surface area contributed by atoms with Gasteiger partial charge in [-0.05, 0) is 19.3 Å². The minimum absolute atomic E-state index is 0. The largest absolute Gasteiger partial charge is 0.349 e. The van der Waals surface area contributed by atoms with Gasteiger partial charge in [0.15, 0.2) is 0 Å². The van der Waals surface area contributed by atoms with Gasteiger partial charge in [0.25, 0.3) is 0 Å². The van der Waals surface area contributed by atoms with E-state index in [4.69, 9.17) is 5.73 Å². The Bertz CT molecular complexity index is 311. The summed E-state index contributed by atoms with van der Waals surface area (Å²) in [5.41, 5.74) is 5.45. The molecule has 1 heterocycles. The van der Waals surface area contributed by atoms with Crippen LogP contribution in [0.4, 0.5) is 0 Å². The van der Waals surface area contributed by atoms with Crippen LogP contribution in [0.1, 0.15) is 39.5 Å². The lowest BCUT2D eigenvalue weighted by molar-refractivity contribution is -0.139. The molecule has 3 N–H and O–H groups in total. The molecule has 1 aliphatic heterocycles. The van der Waals surface area contributed by atoms with Crippen LogP contribution in [0.5, 0.6) is 0 Å². The molecule has 1 fully saturated rings. The van der Waals surface area contributed by atoms with Crippen molar-refractivity contribution in [1.29, 1.82) is 0 Å². The fourth-order valence-electron chi connectivity index (χ4n) is 2.30. The molecule has 1 unspecified atom stereocenters. The number of nitrogens with one attached hydrogen (secondary N) is 1. The zero-order chi connectivity index (χ0) is 13.8. The van der Waals surface area contributed by atoms with E-state index in [1.807, 2.05) is 13.8 Å². The first-order chi connectivity index (χ1) is 8.48. The lowest BCUT2D eigenvalue weighted by atomic mass is 9.89. The Labute approximate surface area is 121 Å². The summed E-state index contributed by atoms with van der Waals surface area (Å²) in [7, 11) is 1.78. The third kappa shape index (κ3) is 4.35. The summed E-state index contributed by atoms with van der Waals surface area (Å²) in [5.74, 6) is -0.170. The maximum absolute atomic E-state index is 12.2. The molecule has 1 aliphatic rings. The molecular weight excluding hydrogens is 266 g/mol. The van der Waals surface area contributed by atoms with Gasteiger partial charge < -0.3 is 16.0 Å². The van der Waals surface area contributed by atoms with Crippen molar-refractivity contribution < 1.29 is 9.59 Å². The van der Waals surface area contributed by atoms with Gasteiger partial charge in [0.2, 0.25) is 11.8 Å². The lowest BCUT2D eigenvalue weighted by Gasteiger charge is -2.35. The van der Waals surface area contributed by atoms with Crippen LogP contribution < -0.4 is 11.1 Å². The van der Waals surface area contributed by atoms with E-state index in [2.05, 4.69) is 5.32 Å². The Hall–Kier alpha value is -0.810. The number of nitrogens with zero attached hydrogens (tertiary/aromatic N) is 1. The number of halogens is 1. The number of nitrogens with two attached hydrogens (primary N) is 1. The predicted octanol–water partition coefficient (Wildman–Crippen LogP) is 0.910. The summed E-state index contributed by atoms with van der Waals surface area (Å²) >= 11 is 0. The zero-order valence-electron chi connectivity index (χ0n) is 12.1. The van der Waals surface area contributed by atoms with Crippen molar-refractivity contribution in [2.45, 2.75) is 45.1 Å². The number of likely N-dealkylation sites (tertiary alicyclic amines) is 1. The molecular formula is C13H26ClN3O2. The molecule has 0 radical (unpaired) electrons. The second-order valence-corrected chi connectivity index (χ2v) is 5.19. The highest BCUT2D eigenvalue weighted by Crippen LogP contribution is 2.20. The van der Waals surface area contributed by atoms with Gasteiger partial charge in [-0.2, -0.15) is 0 Å². The van der Waals surface area contributed by atoms with Gasteiger partial charge in [-0.1, -0.05) is 13.8 Å². The summed E-state index contributed by atoms with van der Waals surface area (Å²) in [6.07, 6.45) is 2.68. The molecule has 1 rings (SSSR count). The molecule has 0 spiro atoms. The fourth-order valence-corrected chi connectivity index (χ4v) is 2.30. The van der Waals surface area contributed by atoms with Gasteiger partial charge in [-0.15, -0.1) is 12.4 Å². The molecule has 1 saturated heterocycles. The van der Waals surface area contributed by atoms with Gasteiger partial charge in [-0.3, -0.25) is 9.59 Å². The van der Waals surface area contributed by atoms with E-state index in [1.165, 1.54) is 0 Å². The van der Waals surface area contributed by atoms with E-state index < -0.39 is 0 Å². The SMILES string of the molecule is CCC(CC)(CN)NC(=O)C1CCN(C)C(=O)C1.Cl. The average Bonchev–Trinajstić information content (AvgIpc) is 2.39. The summed E-state index contributed by atoms with van der Waals surface area (Å²) in [6.45, 7) is 5.14. The number of piperidine rings is 1. The zero-order valence-corrected chi connectivity index (χ0v) is 12.9. The third-order valence-corrected chi connectivity index (χ3v) is 4.16. The van der Waals surface area contributed by atoms with Gasteiger partial charge in [0.05, 0.1) is 5.54 Å². The summed E-state index contributed by atoms with van der Waals surface area (Å²) in [5, 5.41) is 3.05. The van der Waals surface area contributed by atoms with Crippen LogP contribution in [0.3, 0.4) is 0 Å². The van der Waals surface area contributed by atoms with Crippen molar-refractivity contribution in [3.05, 3.63) is 0 Å². The third-order valence-electron chi connectivity index (χ3n) is 4.16. The van der Waals surface area contributed by atoms with Crippen LogP contribution >= 0.6 is 12.4 Å². The van der Waals surface area contributed by atoms with E-state index in [9.17, 15) is 9.59 Å². The van der Waals surface area contributed by atoms with Gasteiger partial charge in [-0.25, -0.2) is 0 Å². The summed E-state index contributed by atoms with van der Waals surface area (Å²) < 4.78 is 0. The van der Waals surface area contributed by atoms with E-state index in [1.54, 1.807) is 11.9 Å². The molecule has 112 valence electrons. The molecule has 0 aromatic rings. The van der Waals surface area contributed by atoms with E-state index in [-0.39, 0.29) is 35.7 Å². The molecule has 0 aliphatic carbocycles. The van der Waals surface area contributed by atoms with Crippen molar-refractivity contribution in [3.63, 3.8) is 0 Å². The molecule has 0 aromatic carbocycles. The second kappa shape index (κ2) is 7.70. The minimum Gasteiger partial charge on any atom is -0.349 e. The number of rotatable bonds is 5. The predicted molar refractivity (Wildman–Crippen MR) is 78.1 cm³/mol. The quantitative estimate of drug-likeness (QED) is 0.790. The Kier molecular flexibility index (Phi) is 7.37. The van der Waals surface area contributed by atoms with Gasteiger partial charge >= 0.3 is 0 Å². The Morgan fingerprint density at radius 3 is 2.47 bits per heavy atom. The highest BCUT2D eigenvalue weighted by atomic mass is 35.5. The van der Waals surface area contributed by atoms with Crippen LogP contribution in [0.15, 0.2) is 0 Å². The molecule has 1 atom stereocenters. The van der Waals surface area contributed by atoms with Crippen molar-refractivity contribution >= 4 is 24.2 Å². The standard InChI is InChI=1S/C13H25N3O2.ClH/c1-4-13(5-2,9-14)15-12(18)10-6-7-16(3)11(17)8-10;/h10H,4-9,14H2,1-3H3,(H,15,18);1H. The monoisotopic (exact) mass is 291 g/mol. The number of amides is 2. The van der Waals surface area contributed by atoms with Crippen LogP contribution in [-0.2, 0) is 9.59 Å². The fraction of sp³-hybridized carbons (Fsp3) is 0.846. The smallest absolute Gasteiger partial charge is 0.224 e. The Morgan fingerprint density at radius 2 is 2.05 bits per heavy atom. The van der Waals surface area contributed by atoms with Crippen molar-refractivity contribution in [2.24, 2.45) is 11.7 Å². The number of carbonyl (C=O) groups is 2. The van der Waals surface area contributed by atoms with E-state index in [0.717, 1.165) is 19.3 Å². The molecule has 0 aromatic heterocycles. The van der Waals surface area contributed by atoms with Crippen molar-refractivity contribution in [2.75, 3.05) is 20.1 Å². The number of hydrogen-bond donors (Lipinski definition) is 2. The second-order valence-electron chi connectivity index (χ2n) is 5.19. The molecule has 6 heteroatoms. The molecule has 2 amide bonds. The molecule has 5 nitrogen and oxygen atoms in total. The highest BCUT2D eigenvalue weighted by Gasteiger charge is 2.33. The van der Waals surface area contributed by atoms with E-state index >= 15 is 0 Å². The highest BCUT2D eigenvalue weighted by molar-refractivity contribution is 5.87. The molecule has 0 bridgehead atoms. The first kappa shape index (κ1) is 18.2. The molecule has 0 saturated carbocycles. The van der Waals surface area contributed by atoms with Crippen LogP contribution in [0, 0.1) is 5.92 Å². The van der Waals surface area contributed by atoms with Crippen LogP contribution in [0.25, 0.3) is 0 Å². The van der Waals surface area contributed by atoms with Crippen molar-refractivity contribution in [1.82, 2.24) is 10.2 Å². The molecule has 19 heavy (non-hydrogen) atoms. The van der Waals surface area contributed by atoms with Crippen molar-refractivity contribution in [3.8, 4) is 0 Å².